The van der Waals surface area contributed by atoms with E-state index < -0.39 is 22.0 Å². The minimum absolute atomic E-state index is 0.133. The Labute approximate surface area is 124 Å². The van der Waals surface area contributed by atoms with Crippen molar-refractivity contribution in [3.63, 3.8) is 0 Å². The molecule has 0 saturated heterocycles. The fourth-order valence-corrected chi connectivity index (χ4v) is 3.10. The molecule has 21 heavy (non-hydrogen) atoms. The van der Waals surface area contributed by atoms with Crippen LogP contribution in [-0.2, 0) is 14.8 Å². The Kier molecular flexibility index (Phi) is 5.42. The number of hydrogen-bond acceptors (Lipinski definition) is 5. The Bertz CT molecular complexity index is 613. The van der Waals surface area contributed by atoms with E-state index in [1.165, 1.54) is 40.2 Å². The normalized spacial score (nSPS) is 12.6. The first kappa shape index (κ1) is 17.1. The molecular formula is C13H19NO6S. The molecule has 0 fully saturated rings. The Morgan fingerprint density at radius 1 is 1.33 bits per heavy atom. The second kappa shape index (κ2) is 6.66. The number of carbonyl (C=O) groups is 1. The number of aliphatic carboxylic acids is 1. The minimum atomic E-state index is -3.80. The zero-order chi connectivity index (χ0) is 16.2. The van der Waals surface area contributed by atoms with Gasteiger partial charge >= 0.3 is 5.97 Å². The summed E-state index contributed by atoms with van der Waals surface area (Å²) in [5.74, 6) is -0.831. The first-order chi connectivity index (χ1) is 9.78. The van der Waals surface area contributed by atoms with Crippen molar-refractivity contribution in [3.05, 3.63) is 18.2 Å². The smallest absolute Gasteiger partial charge is 0.327 e. The fourth-order valence-electron chi connectivity index (χ4n) is 1.81. The molecule has 0 radical (unpaired) electrons. The molecule has 0 aromatic heterocycles. The highest BCUT2D eigenvalue weighted by Crippen LogP contribution is 2.35. The molecule has 1 aromatic carbocycles. The highest BCUT2D eigenvalue weighted by molar-refractivity contribution is 7.92. The number of methoxy groups -OCH3 is 2. The van der Waals surface area contributed by atoms with Crippen molar-refractivity contribution in [3.8, 4) is 11.5 Å². The van der Waals surface area contributed by atoms with E-state index in [1.807, 2.05) is 0 Å². The van der Waals surface area contributed by atoms with Crippen LogP contribution in [0.2, 0.25) is 0 Å². The maximum Gasteiger partial charge on any atom is 0.327 e. The largest absolute Gasteiger partial charge is 0.497 e. The summed E-state index contributed by atoms with van der Waals surface area (Å²) in [5.41, 5.74) is 0.133. The van der Waals surface area contributed by atoms with E-state index in [2.05, 4.69) is 0 Å². The summed E-state index contributed by atoms with van der Waals surface area (Å²) >= 11 is 0. The highest BCUT2D eigenvalue weighted by atomic mass is 32.2. The Hall–Kier alpha value is -1.96. The number of carboxylic acids is 1. The molecule has 8 heteroatoms. The second-order valence-electron chi connectivity index (χ2n) is 4.25. The molecule has 0 saturated carbocycles. The lowest BCUT2D eigenvalue weighted by atomic mass is 10.2. The fraction of sp³-hybridized carbons (Fsp3) is 0.462. The SMILES string of the molecule is CCS(=O)(=O)N(c1cc(OC)ccc1OC)C(C)C(=O)O. The average Bonchev–Trinajstić information content (AvgIpc) is 2.46. The summed E-state index contributed by atoms with van der Waals surface area (Å²) in [6.45, 7) is 2.75. The third-order valence-electron chi connectivity index (χ3n) is 3.00. The van der Waals surface area contributed by atoms with E-state index in [0.717, 1.165) is 4.31 Å². The number of ether oxygens (including phenoxy) is 2. The van der Waals surface area contributed by atoms with Gasteiger partial charge in [-0.05, 0) is 26.0 Å². The third-order valence-corrected chi connectivity index (χ3v) is 4.84. The van der Waals surface area contributed by atoms with Gasteiger partial charge in [0.2, 0.25) is 10.0 Å². The van der Waals surface area contributed by atoms with Crippen molar-refractivity contribution >= 4 is 21.7 Å². The van der Waals surface area contributed by atoms with Crippen molar-refractivity contribution < 1.29 is 27.8 Å². The van der Waals surface area contributed by atoms with E-state index in [9.17, 15) is 18.3 Å². The predicted octanol–water partition coefficient (Wildman–Crippen LogP) is 1.33. The standard InChI is InChI=1S/C13H19NO6S/c1-5-21(17,18)14(9(2)13(15)16)11-8-10(19-3)6-7-12(11)20-4/h6-9H,5H2,1-4H3,(H,15,16). The highest BCUT2D eigenvalue weighted by Gasteiger charge is 2.33. The monoisotopic (exact) mass is 317 g/mol. The third kappa shape index (κ3) is 3.57. The molecule has 0 aliphatic heterocycles. The van der Waals surface area contributed by atoms with Crippen LogP contribution in [0.5, 0.6) is 11.5 Å². The topological polar surface area (TPSA) is 93.1 Å². The molecule has 118 valence electrons. The molecule has 1 atom stereocenters. The number of nitrogens with zero attached hydrogens (tertiary/aromatic N) is 1. The molecule has 1 N–H and O–H groups in total. The average molecular weight is 317 g/mol. The molecule has 0 aliphatic rings. The van der Waals surface area contributed by atoms with Crippen LogP contribution in [-0.4, -0.2) is 45.5 Å². The van der Waals surface area contributed by atoms with Crippen molar-refractivity contribution in [2.75, 3.05) is 24.3 Å². The van der Waals surface area contributed by atoms with Gasteiger partial charge in [0.05, 0.1) is 25.7 Å². The molecule has 7 nitrogen and oxygen atoms in total. The van der Waals surface area contributed by atoms with Gasteiger partial charge in [-0.2, -0.15) is 0 Å². The molecule has 1 rings (SSSR count). The quantitative estimate of drug-likeness (QED) is 0.815. The van der Waals surface area contributed by atoms with Gasteiger partial charge in [-0.15, -0.1) is 0 Å². The summed E-state index contributed by atoms with van der Waals surface area (Å²) in [7, 11) is -0.980. The summed E-state index contributed by atoms with van der Waals surface area (Å²) in [4.78, 5) is 11.3. The lowest BCUT2D eigenvalue weighted by Crippen LogP contribution is -2.44. The van der Waals surface area contributed by atoms with Crippen LogP contribution in [0.3, 0.4) is 0 Å². The summed E-state index contributed by atoms with van der Waals surface area (Å²) in [6, 6.07) is 3.30. The first-order valence-electron chi connectivity index (χ1n) is 6.25. The predicted molar refractivity (Wildman–Crippen MR) is 78.6 cm³/mol. The molecule has 0 amide bonds. The van der Waals surface area contributed by atoms with Gasteiger partial charge in [-0.25, -0.2) is 13.2 Å². The van der Waals surface area contributed by atoms with Gasteiger partial charge in [-0.1, -0.05) is 0 Å². The number of anilines is 1. The van der Waals surface area contributed by atoms with Crippen molar-refractivity contribution in [2.45, 2.75) is 19.9 Å². The zero-order valence-electron chi connectivity index (χ0n) is 12.4. The van der Waals surface area contributed by atoms with E-state index >= 15 is 0 Å². The molecular weight excluding hydrogens is 298 g/mol. The van der Waals surface area contributed by atoms with Crippen LogP contribution < -0.4 is 13.8 Å². The van der Waals surface area contributed by atoms with Gasteiger partial charge < -0.3 is 14.6 Å². The first-order valence-corrected chi connectivity index (χ1v) is 7.86. The summed E-state index contributed by atoms with van der Waals surface area (Å²) < 4.78 is 35.6. The molecule has 1 unspecified atom stereocenters. The van der Waals surface area contributed by atoms with E-state index in [4.69, 9.17) is 9.47 Å². The van der Waals surface area contributed by atoms with E-state index in [-0.39, 0.29) is 17.2 Å². The molecule has 0 spiro atoms. The number of benzene rings is 1. The van der Waals surface area contributed by atoms with Gasteiger partial charge in [-0.3, -0.25) is 4.31 Å². The molecule has 0 heterocycles. The van der Waals surface area contributed by atoms with Gasteiger partial charge in [0, 0.05) is 6.07 Å². The van der Waals surface area contributed by atoms with Crippen LogP contribution in [0.25, 0.3) is 0 Å². The number of hydrogen-bond donors (Lipinski definition) is 1. The molecule has 0 aliphatic carbocycles. The summed E-state index contributed by atoms with van der Waals surface area (Å²) in [6.07, 6.45) is 0. The summed E-state index contributed by atoms with van der Waals surface area (Å²) in [5, 5.41) is 9.18. The maximum absolute atomic E-state index is 12.3. The van der Waals surface area contributed by atoms with Crippen LogP contribution >= 0.6 is 0 Å². The van der Waals surface area contributed by atoms with E-state index in [1.54, 1.807) is 6.07 Å². The second-order valence-corrected chi connectivity index (χ2v) is 6.38. The van der Waals surface area contributed by atoms with Gasteiger partial charge in [0.1, 0.15) is 17.5 Å². The van der Waals surface area contributed by atoms with Crippen molar-refractivity contribution in [1.29, 1.82) is 0 Å². The van der Waals surface area contributed by atoms with Crippen molar-refractivity contribution in [2.24, 2.45) is 0 Å². The van der Waals surface area contributed by atoms with Gasteiger partial charge in [0.25, 0.3) is 0 Å². The number of carboxylic acid groups (broad SMARTS) is 1. The lowest BCUT2D eigenvalue weighted by molar-refractivity contribution is -0.137. The zero-order valence-corrected chi connectivity index (χ0v) is 13.2. The van der Waals surface area contributed by atoms with Gasteiger partial charge in [0.15, 0.2) is 0 Å². The minimum Gasteiger partial charge on any atom is -0.497 e. The van der Waals surface area contributed by atoms with Crippen LogP contribution in [0, 0.1) is 0 Å². The maximum atomic E-state index is 12.3. The number of rotatable bonds is 7. The van der Waals surface area contributed by atoms with Crippen molar-refractivity contribution in [1.82, 2.24) is 0 Å². The van der Waals surface area contributed by atoms with Crippen LogP contribution in [0.15, 0.2) is 18.2 Å². The Balaban J connectivity index is 3.56. The van der Waals surface area contributed by atoms with E-state index in [0.29, 0.717) is 5.75 Å². The Morgan fingerprint density at radius 3 is 2.38 bits per heavy atom. The number of sulfonamides is 1. The van der Waals surface area contributed by atoms with Crippen LogP contribution in [0.1, 0.15) is 13.8 Å². The lowest BCUT2D eigenvalue weighted by Gasteiger charge is -2.29. The van der Waals surface area contributed by atoms with Crippen LogP contribution in [0.4, 0.5) is 5.69 Å². The Morgan fingerprint density at radius 2 is 1.95 bits per heavy atom. The molecule has 1 aromatic rings. The molecule has 0 bridgehead atoms.